The summed E-state index contributed by atoms with van der Waals surface area (Å²) in [7, 11) is 0. The van der Waals surface area contributed by atoms with Crippen molar-refractivity contribution < 1.29 is 19.1 Å². The van der Waals surface area contributed by atoms with Crippen molar-refractivity contribution in [1.29, 1.82) is 0 Å². The van der Waals surface area contributed by atoms with Crippen LogP contribution in [-0.2, 0) is 9.59 Å². The van der Waals surface area contributed by atoms with Crippen molar-refractivity contribution in [2.75, 3.05) is 10.6 Å². The van der Waals surface area contributed by atoms with E-state index in [1.165, 1.54) is 0 Å². The molecule has 3 amide bonds. The molecule has 0 radical (unpaired) electrons. The number of fused-ring (bicyclic) bond motifs is 1. The average molecular weight is 367 g/mol. The molecule has 1 aliphatic heterocycles. The molecule has 0 saturated heterocycles. The van der Waals surface area contributed by atoms with Crippen molar-refractivity contribution in [3.8, 4) is 5.75 Å². The zero-order valence-electron chi connectivity index (χ0n) is 15.1. The molecule has 0 fully saturated rings. The molecule has 1 heterocycles. The summed E-state index contributed by atoms with van der Waals surface area (Å²) in [5.74, 6) is -0.141. The van der Waals surface area contributed by atoms with E-state index in [1.807, 2.05) is 6.07 Å². The maximum Gasteiger partial charge on any atom is 0.265 e. The molecule has 0 bridgehead atoms. The van der Waals surface area contributed by atoms with E-state index < -0.39 is 6.10 Å². The minimum Gasteiger partial charge on any atom is -0.479 e. The first-order chi connectivity index (χ1) is 12.9. The van der Waals surface area contributed by atoms with E-state index in [2.05, 4.69) is 16.0 Å². The van der Waals surface area contributed by atoms with Crippen molar-refractivity contribution >= 4 is 29.1 Å². The van der Waals surface area contributed by atoms with Crippen LogP contribution in [0.15, 0.2) is 48.5 Å². The van der Waals surface area contributed by atoms with Gasteiger partial charge in [0.2, 0.25) is 5.91 Å². The van der Waals surface area contributed by atoms with Gasteiger partial charge in [-0.1, -0.05) is 18.2 Å². The molecule has 2 aromatic carbocycles. The Morgan fingerprint density at radius 1 is 1.19 bits per heavy atom. The van der Waals surface area contributed by atoms with Gasteiger partial charge < -0.3 is 20.7 Å². The zero-order chi connectivity index (χ0) is 19.4. The fourth-order valence-electron chi connectivity index (χ4n) is 2.72. The van der Waals surface area contributed by atoms with E-state index >= 15 is 0 Å². The van der Waals surface area contributed by atoms with Crippen LogP contribution in [0.4, 0.5) is 11.4 Å². The Bertz CT molecular complexity index is 867. The molecule has 2 unspecified atom stereocenters. The van der Waals surface area contributed by atoms with Crippen LogP contribution in [0, 0.1) is 0 Å². The monoisotopic (exact) mass is 367 g/mol. The topological polar surface area (TPSA) is 96.5 Å². The molecule has 0 aromatic heterocycles. The van der Waals surface area contributed by atoms with Gasteiger partial charge >= 0.3 is 0 Å². The first-order valence-electron chi connectivity index (χ1n) is 8.69. The predicted molar refractivity (Wildman–Crippen MR) is 102 cm³/mol. The van der Waals surface area contributed by atoms with Gasteiger partial charge in [0.1, 0.15) is 5.75 Å². The lowest BCUT2D eigenvalue weighted by Crippen LogP contribution is -2.35. The van der Waals surface area contributed by atoms with Crippen molar-refractivity contribution in [3.63, 3.8) is 0 Å². The lowest BCUT2D eigenvalue weighted by molar-refractivity contribution is -0.122. The van der Waals surface area contributed by atoms with Gasteiger partial charge in [0.25, 0.3) is 11.8 Å². The van der Waals surface area contributed by atoms with Crippen LogP contribution < -0.4 is 20.7 Å². The molecule has 3 N–H and O–H groups in total. The summed E-state index contributed by atoms with van der Waals surface area (Å²) in [4.78, 5) is 36.1. The average Bonchev–Trinajstić information content (AvgIpc) is 2.63. The molecule has 3 rings (SSSR count). The highest BCUT2D eigenvalue weighted by atomic mass is 16.5. The molecule has 1 aliphatic rings. The lowest BCUT2D eigenvalue weighted by atomic mass is 10.1. The second-order valence-electron chi connectivity index (χ2n) is 6.45. The Hall–Kier alpha value is -3.35. The van der Waals surface area contributed by atoms with E-state index in [0.29, 0.717) is 22.7 Å². The second kappa shape index (κ2) is 7.90. The zero-order valence-corrected chi connectivity index (χ0v) is 15.1. The number of rotatable bonds is 5. The lowest BCUT2D eigenvalue weighted by Gasteiger charge is -2.23. The SMILES string of the molecule is CC(CC(=O)Nc1ccc2c(c1)NC(=O)C(C)O2)NC(=O)c1ccccc1. The van der Waals surface area contributed by atoms with Gasteiger partial charge in [0, 0.05) is 23.7 Å². The predicted octanol–water partition coefficient (Wildman–Crippen LogP) is 2.55. The van der Waals surface area contributed by atoms with Crippen LogP contribution >= 0.6 is 0 Å². The first-order valence-corrected chi connectivity index (χ1v) is 8.69. The Kier molecular flexibility index (Phi) is 5.40. The van der Waals surface area contributed by atoms with Gasteiger partial charge in [-0.2, -0.15) is 0 Å². The first kappa shape index (κ1) is 18.4. The molecule has 2 aromatic rings. The molecule has 0 saturated carbocycles. The highest BCUT2D eigenvalue weighted by molar-refractivity contribution is 5.99. The van der Waals surface area contributed by atoms with Crippen LogP contribution in [0.5, 0.6) is 5.75 Å². The highest BCUT2D eigenvalue weighted by Gasteiger charge is 2.23. The molecule has 0 spiro atoms. The van der Waals surface area contributed by atoms with Crippen LogP contribution in [0.1, 0.15) is 30.6 Å². The number of benzene rings is 2. The summed E-state index contributed by atoms with van der Waals surface area (Å²) in [6.45, 7) is 3.43. The number of hydrogen-bond acceptors (Lipinski definition) is 4. The number of carbonyl (C=O) groups excluding carboxylic acids is 3. The smallest absolute Gasteiger partial charge is 0.265 e. The van der Waals surface area contributed by atoms with Crippen molar-refractivity contribution in [1.82, 2.24) is 5.32 Å². The number of anilines is 2. The van der Waals surface area contributed by atoms with E-state index in [-0.39, 0.29) is 30.2 Å². The van der Waals surface area contributed by atoms with Gasteiger partial charge in [0.15, 0.2) is 6.10 Å². The molecule has 2 atom stereocenters. The van der Waals surface area contributed by atoms with Crippen molar-refractivity contribution in [2.45, 2.75) is 32.4 Å². The fraction of sp³-hybridized carbons (Fsp3) is 0.250. The third kappa shape index (κ3) is 4.63. The Morgan fingerprint density at radius 3 is 2.67 bits per heavy atom. The van der Waals surface area contributed by atoms with E-state index in [9.17, 15) is 14.4 Å². The summed E-state index contributed by atoms with van der Waals surface area (Å²) in [6.07, 6.45) is -0.428. The molecule has 140 valence electrons. The quantitative estimate of drug-likeness (QED) is 0.757. The fourth-order valence-corrected chi connectivity index (χ4v) is 2.72. The number of hydrogen-bond donors (Lipinski definition) is 3. The van der Waals surface area contributed by atoms with Gasteiger partial charge in [0.05, 0.1) is 5.69 Å². The number of nitrogens with one attached hydrogen (secondary N) is 3. The van der Waals surface area contributed by atoms with Crippen LogP contribution in [0.25, 0.3) is 0 Å². The van der Waals surface area contributed by atoms with Gasteiger partial charge in [-0.05, 0) is 44.2 Å². The second-order valence-corrected chi connectivity index (χ2v) is 6.45. The molecular formula is C20H21N3O4. The van der Waals surface area contributed by atoms with E-state index in [1.54, 1.807) is 56.3 Å². The summed E-state index contributed by atoms with van der Waals surface area (Å²) in [6, 6.07) is 13.5. The minimum atomic E-state index is -0.549. The van der Waals surface area contributed by atoms with Gasteiger partial charge in [-0.15, -0.1) is 0 Å². The van der Waals surface area contributed by atoms with Crippen molar-refractivity contribution in [2.24, 2.45) is 0 Å². The molecule has 7 nitrogen and oxygen atoms in total. The van der Waals surface area contributed by atoms with Gasteiger partial charge in [-0.3, -0.25) is 14.4 Å². The van der Waals surface area contributed by atoms with Gasteiger partial charge in [-0.25, -0.2) is 0 Å². The van der Waals surface area contributed by atoms with Crippen LogP contribution in [0.3, 0.4) is 0 Å². The standard InChI is InChI=1S/C20H21N3O4/c1-12(21-20(26)14-6-4-3-5-7-14)10-18(24)22-15-8-9-17-16(11-15)23-19(25)13(2)27-17/h3-9,11-13H,10H2,1-2H3,(H,21,26)(H,22,24)(H,23,25). The highest BCUT2D eigenvalue weighted by Crippen LogP contribution is 2.32. The number of ether oxygens (including phenoxy) is 1. The largest absolute Gasteiger partial charge is 0.479 e. The summed E-state index contributed by atoms with van der Waals surface area (Å²) in [5, 5.41) is 8.30. The van der Waals surface area contributed by atoms with E-state index in [4.69, 9.17) is 4.74 Å². The van der Waals surface area contributed by atoms with E-state index in [0.717, 1.165) is 0 Å². The van der Waals surface area contributed by atoms with Crippen LogP contribution in [0.2, 0.25) is 0 Å². The third-order valence-electron chi connectivity index (χ3n) is 4.10. The number of amides is 3. The Labute approximate surface area is 157 Å². The normalized spacial score (nSPS) is 16.4. The Morgan fingerprint density at radius 2 is 1.93 bits per heavy atom. The maximum atomic E-state index is 12.2. The molecular weight excluding hydrogens is 346 g/mol. The molecule has 27 heavy (non-hydrogen) atoms. The molecule has 7 heteroatoms. The van der Waals surface area contributed by atoms with Crippen LogP contribution in [-0.4, -0.2) is 29.9 Å². The summed E-state index contributed by atoms with van der Waals surface area (Å²) < 4.78 is 5.48. The maximum absolute atomic E-state index is 12.2. The Balaban J connectivity index is 1.55. The minimum absolute atomic E-state index is 0.121. The third-order valence-corrected chi connectivity index (χ3v) is 4.10. The summed E-state index contributed by atoms with van der Waals surface area (Å²) >= 11 is 0. The number of carbonyl (C=O) groups is 3. The molecule has 0 aliphatic carbocycles. The van der Waals surface area contributed by atoms with Crippen molar-refractivity contribution in [3.05, 3.63) is 54.1 Å². The summed E-state index contributed by atoms with van der Waals surface area (Å²) in [5.41, 5.74) is 1.60.